The Bertz CT molecular complexity index is 1670. The minimum absolute atomic E-state index is 0.00753. The summed E-state index contributed by atoms with van der Waals surface area (Å²) in [6.45, 7) is 3.21. The summed E-state index contributed by atoms with van der Waals surface area (Å²) in [6.07, 6.45) is 0.0572. The maximum Gasteiger partial charge on any atom is 0.338 e. The quantitative estimate of drug-likeness (QED) is 0.156. The van der Waals surface area contributed by atoms with E-state index in [0.717, 1.165) is 4.88 Å². The number of carbonyl (C=O) groups excluding carboxylic acids is 3. The maximum atomic E-state index is 15.4. The number of nitrogens with zero attached hydrogens (tertiary/aromatic N) is 2. The van der Waals surface area contributed by atoms with E-state index in [1.54, 1.807) is 32.0 Å². The molecule has 0 spiro atoms. The Morgan fingerprint density at radius 1 is 1.09 bits per heavy atom. The Morgan fingerprint density at radius 2 is 1.84 bits per heavy atom. The lowest BCUT2D eigenvalue weighted by atomic mass is 9.68. The van der Waals surface area contributed by atoms with Gasteiger partial charge in [0.2, 0.25) is 0 Å². The predicted octanol–water partition coefficient (Wildman–Crippen LogP) is 5.32. The fourth-order valence-electron chi connectivity index (χ4n) is 5.77. The number of hydrogen-bond donors (Lipinski definition) is 1. The zero-order valence-corrected chi connectivity index (χ0v) is 24.1. The molecule has 2 aromatic carbocycles. The molecule has 2 N–H and O–H groups in total. The average Bonchev–Trinajstić information content (AvgIpc) is 3.52. The van der Waals surface area contributed by atoms with Crippen molar-refractivity contribution in [2.75, 3.05) is 18.1 Å². The van der Waals surface area contributed by atoms with Crippen LogP contribution in [0.2, 0.25) is 0 Å². The number of ketones is 1. The molecule has 2 aliphatic rings. The monoisotopic (exact) mass is 605 g/mol. The molecule has 3 atom stereocenters. The summed E-state index contributed by atoms with van der Waals surface area (Å²) >= 11 is 1.36. The first-order valence-corrected chi connectivity index (χ1v) is 14.5. The van der Waals surface area contributed by atoms with Gasteiger partial charge in [-0.25, -0.2) is 9.18 Å². The van der Waals surface area contributed by atoms with Crippen LogP contribution in [0.25, 0.3) is 0 Å². The molecule has 10 nitrogen and oxygen atoms in total. The molecular weight excluding hydrogens is 577 g/mol. The minimum atomic E-state index is -1.29. The van der Waals surface area contributed by atoms with Gasteiger partial charge in [-0.15, -0.1) is 11.3 Å². The van der Waals surface area contributed by atoms with Crippen LogP contribution in [0, 0.1) is 21.8 Å². The largest absolute Gasteiger partial charge is 0.465 e. The van der Waals surface area contributed by atoms with Crippen LogP contribution in [0.5, 0.6) is 0 Å². The van der Waals surface area contributed by atoms with Crippen LogP contribution in [0.1, 0.15) is 42.5 Å². The van der Waals surface area contributed by atoms with Crippen LogP contribution in [0.15, 0.2) is 88.7 Å². The van der Waals surface area contributed by atoms with Crippen molar-refractivity contribution in [1.29, 1.82) is 0 Å². The smallest absolute Gasteiger partial charge is 0.338 e. The van der Waals surface area contributed by atoms with Crippen molar-refractivity contribution in [3.63, 3.8) is 0 Å². The molecule has 0 amide bonds. The van der Waals surface area contributed by atoms with Crippen molar-refractivity contribution in [3.05, 3.63) is 115 Å². The van der Waals surface area contributed by atoms with E-state index < -0.39 is 46.2 Å². The topological polar surface area (TPSA) is 142 Å². The van der Waals surface area contributed by atoms with Crippen molar-refractivity contribution in [2.45, 2.75) is 32.1 Å². The highest BCUT2D eigenvalue weighted by molar-refractivity contribution is 7.10. The van der Waals surface area contributed by atoms with Crippen LogP contribution in [0.4, 0.5) is 15.8 Å². The van der Waals surface area contributed by atoms with E-state index in [-0.39, 0.29) is 59.2 Å². The van der Waals surface area contributed by atoms with E-state index >= 15 is 4.39 Å². The third-order valence-electron chi connectivity index (χ3n) is 7.49. The molecule has 3 aromatic rings. The molecule has 222 valence electrons. The standard InChI is InChI=1S/C31H28FN3O7S/c1-3-41-30(37)25-19(23-13-8-14-43-23)16-22-26(28(25)36)24(17-9-7-10-18(15-17)35(39)40)27(31(38)42-4-2)29(33)34(22)21-12-6-5-11-20(21)32/h5-15,19,24-25H,3-4,16,33H2,1-2H3/t19-,24+,25-/m1/s1. The van der Waals surface area contributed by atoms with Crippen LogP contribution >= 0.6 is 11.3 Å². The zero-order valence-electron chi connectivity index (χ0n) is 23.3. The van der Waals surface area contributed by atoms with Crippen molar-refractivity contribution in [2.24, 2.45) is 11.7 Å². The van der Waals surface area contributed by atoms with Gasteiger partial charge < -0.3 is 15.2 Å². The number of rotatable bonds is 8. The Kier molecular flexibility index (Phi) is 8.40. The zero-order chi connectivity index (χ0) is 30.8. The molecule has 5 rings (SSSR count). The summed E-state index contributed by atoms with van der Waals surface area (Å²) in [5, 5.41) is 13.5. The number of ether oxygens (including phenoxy) is 2. The number of anilines is 1. The Hall–Kier alpha value is -4.84. The van der Waals surface area contributed by atoms with Gasteiger partial charge in [0.05, 0.1) is 35.3 Å². The molecular formula is C31H28FN3O7S. The number of esters is 2. The van der Waals surface area contributed by atoms with Gasteiger partial charge in [0.15, 0.2) is 5.78 Å². The number of allylic oxidation sites excluding steroid dienone is 2. The summed E-state index contributed by atoms with van der Waals surface area (Å²) in [6, 6.07) is 14.9. The van der Waals surface area contributed by atoms with Gasteiger partial charge in [-0.1, -0.05) is 30.3 Å². The summed E-state index contributed by atoms with van der Waals surface area (Å²) in [7, 11) is 0. The molecule has 0 bridgehead atoms. The number of thiophene rings is 1. The number of non-ortho nitro benzene ring substituents is 1. The highest BCUT2D eigenvalue weighted by atomic mass is 32.1. The number of para-hydroxylation sites is 1. The molecule has 1 aliphatic heterocycles. The molecule has 0 fully saturated rings. The molecule has 12 heteroatoms. The minimum Gasteiger partial charge on any atom is -0.465 e. The highest BCUT2D eigenvalue weighted by Gasteiger charge is 2.52. The molecule has 0 saturated heterocycles. The lowest BCUT2D eigenvalue weighted by Crippen LogP contribution is -2.46. The van der Waals surface area contributed by atoms with E-state index in [1.165, 1.54) is 58.7 Å². The SMILES string of the molecule is CCOC(=O)C1=C(N)N(c2ccccc2F)C2=C(C(=O)[C@H](C(=O)OCC)[C@@H](c3cccs3)C2)[C@@H]1c1cccc([N+](=O)[O-])c1. The molecule has 0 radical (unpaired) electrons. The predicted molar refractivity (Wildman–Crippen MR) is 156 cm³/mol. The number of nitro groups is 1. The first-order chi connectivity index (χ1) is 20.7. The van der Waals surface area contributed by atoms with E-state index in [0.29, 0.717) is 0 Å². The van der Waals surface area contributed by atoms with Crippen molar-refractivity contribution in [3.8, 4) is 0 Å². The summed E-state index contributed by atoms with van der Waals surface area (Å²) in [4.78, 5) is 54.8. The van der Waals surface area contributed by atoms with Gasteiger partial charge in [0.1, 0.15) is 17.6 Å². The number of carbonyl (C=O) groups is 3. The van der Waals surface area contributed by atoms with Crippen LogP contribution in [-0.4, -0.2) is 35.9 Å². The summed E-state index contributed by atoms with van der Waals surface area (Å²) in [5.41, 5.74) is 6.70. The molecule has 1 aliphatic carbocycles. The fraction of sp³-hybridized carbons (Fsp3) is 0.258. The average molecular weight is 606 g/mol. The highest BCUT2D eigenvalue weighted by Crippen LogP contribution is 2.52. The molecule has 43 heavy (non-hydrogen) atoms. The Balaban J connectivity index is 1.85. The number of Topliss-reactive ketones (excluding diaryl/α,β-unsaturated/α-hetero) is 1. The number of benzene rings is 2. The van der Waals surface area contributed by atoms with Crippen molar-refractivity contribution in [1.82, 2.24) is 0 Å². The summed E-state index contributed by atoms with van der Waals surface area (Å²) < 4.78 is 26.1. The maximum absolute atomic E-state index is 15.4. The van der Waals surface area contributed by atoms with Crippen LogP contribution in [-0.2, 0) is 23.9 Å². The van der Waals surface area contributed by atoms with Crippen molar-refractivity contribution < 1.29 is 33.2 Å². The van der Waals surface area contributed by atoms with E-state index in [4.69, 9.17) is 15.2 Å². The van der Waals surface area contributed by atoms with E-state index in [9.17, 15) is 24.5 Å². The van der Waals surface area contributed by atoms with E-state index in [2.05, 4.69) is 0 Å². The second kappa shape index (κ2) is 12.2. The van der Waals surface area contributed by atoms with Gasteiger partial charge >= 0.3 is 11.9 Å². The van der Waals surface area contributed by atoms with Crippen LogP contribution in [0.3, 0.4) is 0 Å². The molecule has 1 aromatic heterocycles. The lowest BCUT2D eigenvalue weighted by Gasteiger charge is -2.43. The number of nitro benzene ring substituents is 1. The second-order valence-electron chi connectivity index (χ2n) is 9.87. The van der Waals surface area contributed by atoms with Gasteiger partial charge in [-0.3, -0.25) is 24.6 Å². The number of nitrogens with two attached hydrogens (primary N) is 1. The lowest BCUT2D eigenvalue weighted by molar-refractivity contribution is -0.384. The van der Waals surface area contributed by atoms with Crippen molar-refractivity contribution >= 4 is 40.4 Å². The first kappa shape index (κ1) is 29.6. The van der Waals surface area contributed by atoms with Gasteiger partial charge in [0.25, 0.3) is 5.69 Å². The van der Waals surface area contributed by atoms with Gasteiger partial charge in [0, 0.05) is 34.2 Å². The molecule has 0 saturated carbocycles. The normalized spacial score (nSPS) is 20.1. The Labute approximate surface area is 250 Å². The third-order valence-corrected chi connectivity index (χ3v) is 8.50. The van der Waals surface area contributed by atoms with Crippen LogP contribution < -0.4 is 10.6 Å². The van der Waals surface area contributed by atoms with Gasteiger partial charge in [-0.2, -0.15) is 0 Å². The molecule has 0 unspecified atom stereocenters. The Morgan fingerprint density at radius 3 is 2.49 bits per heavy atom. The second-order valence-corrected chi connectivity index (χ2v) is 10.9. The third kappa shape index (κ3) is 5.29. The molecule has 2 heterocycles. The fourth-order valence-corrected chi connectivity index (χ4v) is 6.63. The number of hydrogen-bond acceptors (Lipinski definition) is 10. The first-order valence-electron chi connectivity index (χ1n) is 13.6. The van der Waals surface area contributed by atoms with Gasteiger partial charge in [-0.05, 0) is 49.4 Å². The summed E-state index contributed by atoms with van der Waals surface area (Å²) in [5.74, 6) is -6.34. The number of halogens is 1. The van der Waals surface area contributed by atoms with E-state index in [1.807, 2.05) is 5.38 Å².